The summed E-state index contributed by atoms with van der Waals surface area (Å²) in [6, 6.07) is 0.595. The normalized spacial score (nSPS) is 18.8. The quantitative estimate of drug-likeness (QED) is 0.756. The van der Waals surface area contributed by atoms with Crippen LogP contribution in [-0.2, 0) is 0 Å². The fraction of sp³-hybridized carbons (Fsp3) is 0.692. The molecule has 2 heterocycles. The predicted molar refractivity (Wildman–Crippen MR) is 65.2 cm³/mol. The van der Waals surface area contributed by atoms with Crippen LogP contribution in [-0.4, -0.2) is 35.0 Å². The minimum absolute atomic E-state index is 0.0486. The lowest BCUT2D eigenvalue weighted by Gasteiger charge is -2.33. The average molecular weight is 236 g/mol. The molecule has 0 saturated carbocycles. The summed E-state index contributed by atoms with van der Waals surface area (Å²) < 4.78 is 5.27. The van der Waals surface area contributed by atoms with Gasteiger partial charge in [0.05, 0.1) is 11.8 Å². The first-order chi connectivity index (χ1) is 8.09. The number of carbonyl (C=O) groups is 1. The second-order valence-electron chi connectivity index (χ2n) is 5.06. The largest absolute Gasteiger partial charge is 0.360 e. The molecule has 4 nitrogen and oxygen atoms in total. The zero-order valence-electron chi connectivity index (χ0n) is 10.8. The van der Waals surface area contributed by atoms with E-state index in [-0.39, 0.29) is 5.78 Å². The van der Waals surface area contributed by atoms with E-state index in [0.29, 0.717) is 17.5 Å². The monoisotopic (exact) mass is 236 g/mol. The van der Waals surface area contributed by atoms with Crippen molar-refractivity contribution in [2.45, 2.75) is 45.6 Å². The van der Waals surface area contributed by atoms with Gasteiger partial charge in [-0.15, -0.1) is 0 Å². The first-order valence-corrected chi connectivity index (χ1v) is 6.29. The van der Waals surface area contributed by atoms with Gasteiger partial charge in [-0.05, 0) is 46.7 Å². The van der Waals surface area contributed by atoms with Crippen molar-refractivity contribution in [3.63, 3.8) is 0 Å². The van der Waals surface area contributed by atoms with Crippen LogP contribution in [0.1, 0.15) is 55.6 Å². The van der Waals surface area contributed by atoms with Crippen LogP contribution in [0.4, 0.5) is 0 Å². The Hall–Kier alpha value is -1.16. The maximum atomic E-state index is 11.4. The number of carbonyl (C=O) groups excluding carboxylic acids is 1. The molecular formula is C13H20N2O2. The first kappa shape index (κ1) is 12.3. The summed E-state index contributed by atoms with van der Waals surface area (Å²) in [5.74, 6) is 1.19. The number of rotatable bonds is 3. The molecule has 0 spiro atoms. The highest BCUT2D eigenvalue weighted by Crippen LogP contribution is 2.31. The van der Waals surface area contributed by atoms with Crippen molar-refractivity contribution < 1.29 is 9.32 Å². The van der Waals surface area contributed by atoms with E-state index < -0.39 is 0 Å². The topological polar surface area (TPSA) is 46.3 Å². The van der Waals surface area contributed by atoms with E-state index in [9.17, 15) is 4.79 Å². The Kier molecular flexibility index (Phi) is 3.62. The number of nitrogens with zero attached hydrogens (tertiary/aromatic N) is 2. The average Bonchev–Trinajstić information content (AvgIpc) is 2.78. The number of likely N-dealkylation sites (tertiary alicyclic amines) is 1. The minimum atomic E-state index is 0.0486. The fourth-order valence-electron chi connectivity index (χ4n) is 2.49. The van der Waals surface area contributed by atoms with Crippen LogP contribution >= 0.6 is 0 Å². The highest BCUT2D eigenvalue weighted by molar-refractivity contribution is 5.94. The number of ketones is 1. The Morgan fingerprint density at radius 3 is 2.65 bits per heavy atom. The SMILES string of the molecule is CC(=O)c1cnoc1C1CCN(C(C)C)CC1. The van der Waals surface area contributed by atoms with E-state index in [4.69, 9.17) is 4.52 Å². The van der Waals surface area contributed by atoms with Crippen LogP contribution in [0.25, 0.3) is 0 Å². The molecule has 0 radical (unpaired) electrons. The van der Waals surface area contributed by atoms with Gasteiger partial charge in [0.15, 0.2) is 11.5 Å². The van der Waals surface area contributed by atoms with Crippen molar-refractivity contribution in [2.75, 3.05) is 13.1 Å². The van der Waals surface area contributed by atoms with Crippen LogP contribution in [0.2, 0.25) is 0 Å². The van der Waals surface area contributed by atoms with Crippen LogP contribution < -0.4 is 0 Å². The smallest absolute Gasteiger partial charge is 0.164 e. The Morgan fingerprint density at radius 2 is 2.12 bits per heavy atom. The molecule has 94 valence electrons. The van der Waals surface area contributed by atoms with E-state index in [0.717, 1.165) is 31.7 Å². The van der Waals surface area contributed by atoms with Crippen molar-refractivity contribution in [1.82, 2.24) is 10.1 Å². The van der Waals surface area contributed by atoms with E-state index in [2.05, 4.69) is 23.9 Å². The Bertz CT molecular complexity index is 390. The van der Waals surface area contributed by atoms with Gasteiger partial charge in [0, 0.05) is 12.0 Å². The third-order valence-corrected chi connectivity index (χ3v) is 3.61. The predicted octanol–water partition coefficient (Wildman–Crippen LogP) is 2.47. The maximum Gasteiger partial charge on any atom is 0.164 e. The van der Waals surface area contributed by atoms with Gasteiger partial charge in [-0.25, -0.2) is 0 Å². The molecule has 1 aliphatic heterocycles. The van der Waals surface area contributed by atoms with Gasteiger partial charge >= 0.3 is 0 Å². The van der Waals surface area contributed by atoms with Crippen LogP contribution in [0.5, 0.6) is 0 Å². The van der Waals surface area contributed by atoms with Crippen molar-refractivity contribution in [1.29, 1.82) is 0 Å². The van der Waals surface area contributed by atoms with Crippen molar-refractivity contribution in [3.05, 3.63) is 17.5 Å². The molecule has 1 aromatic rings. The second-order valence-corrected chi connectivity index (χ2v) is 5.06. The molecule has 0 unspecified atom stereocenters. The fourth-order valence-corrected chi connectivity index (χ4v) is 2.49. The summed E-state index contributed by atoms with van der Waals surface area (Å²) in [5, 5.41) is 3.76. The molecule has 0 amide bonds. The lowest BCUT2D eigenvalue weighted by Crippen LogP contribution is -2.37. The summed E-state index contributed by atoms with van der Waals surface area (Å²) in [7, 11) is 0. The Morgan fingerprint density at radius 1 is 1.47 bits per heavy atom. The number of aromatic nitrogens is 1. The summed E-state index contributed by atoms with van der Waals surface area (Å²) in [5.41, 5.74) is 0.660. The molecule has 17 heavy (non-hydrogen) atoms. The van der Waals surface area contributed by atoms with Gasteiger partial charge in [-0.1, -0.05) is 5.16 Å². The minimum Gasteiger partial charge on any atom is -0.360 e. The van der Waals surface area contributed by atoms with Gasteiger partial charge in [0.25, 0.3) is 0 Å². The van der Waals surface area contributed by atoms with Crippen LogP contribution in [0.15, 0.2) is 10.7 Å². The number of hydrogen-bond donors (Lipinski definition) is 0. The first-order valence-electron chi connectivity index (χ1n) is 6.29. The van der Waals surface area contributed by atoms with Crippen LogP contribution in [0.3, 0.4) is 0 Å². The Labute approximate surface area is 102 Å². The number of Topliss-reactive ketones (excluding diaryl/α,β-unsaturated/α-hetero) is 1. The zero-order chi connectivity index (χ0) is 12.4. The van der Waals surface area contributed by atoms with E-state index in [1.54, 1.807) is 13.1 Å². The standard InChI is InChI=1S/C13H20N2O2/c1-9(2)15-6-4-11(5-7-15)13-12(10(3)16)8-14-17-13/h8-9,11H,4-7H2,1-3H3. The summed E-state index contributed by atoms with van der Waals surface area (Å²) >= 11 is 0. The number of hydrogen-bond acceptors (Lipinski definition) is 4. The molecule has 1 saturated heterocycles. The van der Waals surface area contributed by atoms with Crippen molar-refractivity contribution >= 4 is 5.78 Å². The van der Waals surface area contributed by atoms with Gasteiger partial charge in [0.2, 0.25) is 0 Å². The molecule has 1 aliphatic rings. The van der Waals surface area contributed by atoms with E-state index >= 15 is 0 Å². The molecule has 1 fully saturated rings. The maximum absolute atomic E-state index is 11.4. The van der Waals surface area contributed by atoms with Crippen molar-refractivity contribution in [2.24, 2.45) is 0 Å². The lowest BCUT2D eigenvalue weighted by atomic mass is 9.91. The van der Waals surface area contributed by atoms with Crippen molar-refractivity contribution in [3.8, 4) is 0 Å². The molecular weight excluding hydrogens is 216 g/mol. The second kappa shape index (κ2) is 5.00. The van der Waals surface area contributed by atoms with Gasteiger partial charge in [-0.2, -0.15) is 0 Å². The number of piperidine rings is 1. The summed E-state index contributed by atoms with van der Waals surface area (Å²) in [6.07, 6.45) is 3.65. The van der Waals surface area contributed by atoms with E-state index in [1.807, 2.05) is 0 Å². The van der Waals surface area contributed by atoms with Gasteiger partial charge in [-0.3, -0.25) is 4.79 Å². The molecule has 4 heteroatoms. The molecule has 0 bridgehead atoms. The summed E-state index contributed by atoms with van der Waals surface area (Å²) in [6.45, 7) is 8.14. The van der Waals surface area contributed by atoms with E-state index in [1.165, 1.54) is 0 Å². The molecule has 0 aromatic carbocycles. The lowest BCUT2D eigenvalue weighted by molar-refractivity contribution is 0.101. The molecule has 0 atom stereocenters. The summed E-state index contributed by atoms with van der Waals surface area (Å²) in [4.78, 5) is 13.9. The highest BCUT2D eigenvalue weighted by Gasteiger charge is 2.27. The Balaban J connectivity index is 2.05. The van der Waals surface area contributed by atoms with Gasteiger partial charge < -0.3 is 9.42 Å². The highest BCUT2D eigenvalue weighted by atomic mass is 16.5. The third kappa shape index (κ3) is 2.57. The van der Waals surface area contributed by atoms with Crippen LogP contribution in [0, 0.1) is 0 Å². The molecule has 0 N–H and O–H groups in total. The molecule has 0 aliphatic carbocycles. The third-order valence-electron chi connectivity index (χ3n) is 3.61. The zero-order valence-corrected chi connectivity index (χ0v) is 10.8. The molecule has 1 aromatic heterocycles. The van der Waals surface area contributed by atoms with Gasteiger partial charge in [0.1, 0.15) is 0 Å². The molecule has 2 rings (SSSR count).